The largest absolute Gasteiger partial charge is 0.280 e. The van der Waals surface area contributed by atoms with Crippen LogP contribution in [-0.2, 0) is 16.4 Å². The van der Waals surface area contributed by atoms with Crippen molar-refractivity contribution >= 4 is 27.3 Å². The van der Waals surface area contributed by atoms with E-state index in [2.05, 4.69) is 9.71 Å². The van der Waals surface area contributed by atoms with Gasteiger partial charge >= 0.3 is 0 Å². The van der Waals surface area contributed by atoms with Crippen LogP contribution in [0.4, 0.5) is 5.69 Å². The second-order valence-electron chi connectivity index (χ2n) is 4.45. The maximum Gasteiger partial charge on any atom is 0.233 e. The van der Waals surface area contributed by atoms with Crippen LogP contribution in [0.5, 0.6) is 0 Å². The monoisotopic (exact) mass is 310 g/mol. The van der Waals surface area contributed by atoms with Crippen LogP contribution in [0.1, 0.15) is 11.1 Å². The minimum absolute atomic E-state index is 0.00166. The van der Waals surface area contributed by atoms with E-state index in [1.165, 1.54) is 0 Å². The maximum atomic E-state index is 12.1. The lowest BCUT2D eigenvalue weighted by molar-refractivity contribution is 0.600. The molecule has 0 saturated carbocycles. The normalized spacial score (nSPS) is 11.3. The summed E-state index contributed by atoms with van der Waals surface area (Å²) in [5.41, 5.74) is 2.07. The fourth-order valence-corrected chi connectivity index (χ4v) is 3.23. The Labute approximate surface area is 123 Å². The van der Waals surface area contributed by atoms with Gasteiger partial charge in [0, 0.05) is 6.20 Å². The minimum atomic E-state index is -3.45. The number of nitrogens with one attached hydrogen (secondary N) is 1. The summed E-state index contributed by atoms with van der Waals surface area (Å²) in [4.78, 5) is 3.88. The summed E-state index contributed by atoms with van der Waals surface area (Å²) in [5, 5.41) is 0.160. The molecule has 0 spiro atoms. The summed E-state index contributed by atoms with van der Waals surface area (Å²) in [6.07, 6.45) is 1.99. The van der Waals surface area contributed by atoms with Crippen molar-refractivity contribution in [2.24, 2.45) is 0 Å². The van der Waals surface area contributed by atoms with Crippen LogP contribution in [0.15, 0.2) is 42.6 Å². The van der Waals surface area contributed by atoms with Crippen molar-refractivity contribution in [3.63, 3.8) is 0 Å². The van der Waals surface area contributed by atoms with Crippen LogP contribution in [0.3, 0.4) is 0 Å². The van der Waals surface area contributed by atoms with Crippen LogP contribution in [0.2, 0.25) is 5.15 Å². The van der Waals surface area contributed by atoms with Crippen LogP contribution < -0.4 is 4.72 Å². The topological polar surface area (TPSA) is 59.1 Å². The molecular weight excluding hydrogens is 296 g/mol. The van der Waals surface area contributed by atoms with E-state index in [1.807, 2.05) is 30.3 Å². The highest BCUT2D eigenvalue weighted by Gasteiger charge is 2.14. The molecule has 4 nitrogen and oxygen atoms in total. The maximum absolute atomic E-state index is 12.1. The minimum Gasteiger partial charge on any atom is -0.280 e. The van der Waals surface area contributed by atoms with E-state index in [9.17, 15) is 8.42 Å². The van der Waals surface area contributed by atoms with Crippen molar-refractivity contribution in [1.82, 2.24) is 4.98 Å². The molecule has 0 saturated heterocycles. The molecule has 1 heterocycles. The van der Waals surface area contributed by atoms with E-state index in [1.54, 1.807) is 19.2 Å². The van der Waals surface area contributed by atoms with Gasteiger partial charge in [-0.2, -0.15) is 0 Å². The van der Waals surface area contributed by atoms with Crippen LogP contribution in [-0.4, -0.2) is 19.2 Å². The van der Waals surface area contributed by atoms with E-state index in [0.29, 0.717) is 12.1 Å². The second-order valence-corrected chi connectivity index (χ2v) is 6.65. The number of hydrogen-bond donors (Lipinski definition) is 1. The average Bonchev–Trinajstić information content (AvgIpc) is 2.42. The van der Waals surface area contributed by atoms with E-state index >= 15 is 0 Å². The van der Waals surface area contributed by atoms with E-state index in [0.717, 1.165) is 11.1 Å². The van der Waals surface area contributed by atoms with Gasteiger partial charge in [0.2, 0.25) is 10.0 Å². The molecule has 0 aliphatic heterocycles. The molecule has 2 rings (SSSR count). The fraction of sp³-hybridized carbons (Fsp3) is 0.214. The first-order chi connectivity index (χ1) is 9.48. The first-order valence-electron chi connectivity index (χ1n) is 6.13. The predicted molar refractivity (Wildman–Crippen MR) is 81.5 cm³/mol. The van der Waals surface area contributed by atoms with Gasteiger partial charge in [-0.3, -0.25) is 4.72 Å². The lowest BCUT2D eigenvalue weighted by atomic mass is 10.2. The van der Waals surface area contributed by atoms with Crippen molar-refractivity contribution in [1.29, 1.82) is 0 Å². The second kappa shape index (κ2) is 6.24. The van der Waals surface area contributed by atoms with Gasteiger partial charge in [-0.05, 0) is 30.5 Å². The van der Waals surface area contributed by atoms with Gasteiger partial charge < -0.3 is 0 Å². The molecule has 0 fully saturated rings. The molecule has 1 aromatic heterocycles. The zero-order chi connectivity index (χ0) is 14.6. The number of benzene rings is 1. The molecule has 106 valence electrons. The highest BCUT2D eigenvalue weighted by molar-refractivity contribution is 7.92. The Kier molecular flexibility index (Phi) is 4.62. The predicted octanol–water partition coefficient (Wildman–Crippen LogP) is 3.03. The Balaban J connectivity index is 2.08. The van der Waals surface area contributed by atoms with Gasteiger partial charge in [-0.25, -0.2) is 13.4 Å². The first-order valence-corrected chi connectivity index (χ1v) is 8.16. The highest BCUT2D eigenvalue weighted by Crippen LogP contribution is 2.24. The molecule has 0 aliphatic carbocycles. The number of pyridine rings is 1. The SMILES string of the molecule is Cc1ccnc(Cl)c1NS(=O)(=O)CCc1ccccc1. The number of sulfonamides is 1. The fourth-order valence-electron chi connectivity index (χ4n) is 1.75. The summed E-state index contributed by atoms with van der Waals surface area (Å²) in [6, 6.07) is 11.2. The molecule has 0 bridgehead atoms. The van der Waals surface area contributed by atoms with Crippen molar-refractivity contribution in [3.8, 4) is 0 Å². The zero-order valence-corrected chi connectivity index (χ0v) is 12.6. The van der Waals surface area contributed by atoms with Crippen LogP contribution in [0.25, 0.3) is 0 Å². The Morgan fingerprint density at radius 1 is 1.20 bits per heavy atom. The van der Waals surface area contributed by atoms with Gasteiger partial charge in [0.1, 0.15) is 0 Å². The van der Waals surface area contributed by atoms with E-state index < -0.39 is 10.0 Å². The smallest absolute Gasteiger partial charge is 0.233 e. The molecule has 6 heteroatoms. The first kappa shape index (κ1) is 14.8. The van der Waals surface area contributed by atoms with Gasteiger partial charge in [-0.1, -0.05) is 41.9 Å². The quantitative estimate of drug-likeness (QED) is 0.864. The zero-order valence-electron chi connectivity index (χ0n) is 11.0. The van der Waals surface area contributed by atoms with Crippen molar-refractivity contribution in [2.45, 2.75) is 13.3 Å². The van der Waals surface area contributed by atoms with Crippen molar-refractivity contribution < 1.29 is 8.42 Å². The molecule has 1 N–H and O–H groups in total. The number of aryl methyl sites for hydroxylation is 2. The highest BCUT2D eigenvalue weighted by atomic mass is 35.5. The summed E-state index contributed by atoms with van der Waals surface area (Å²) < 4.78 is 26.7. The third-order valence-electron chi connectivity index (χ3n) is 2.87. The Morgan fingerprint density at radius 3 is 2.55 bits per heavy atom. The molecule has 20 heavy (non-hydrogen) atoms. The molecule has 0 unspecified atom stereocenters. The van der Waals surface area contributed by atoms with E-state index in [4.69, 9.17) is 11.6 Å². The molecular formula is C14H15ClN2O2S. The van der Waals surface area contributed by atoms with Gasteiger partial charge in [0.15, 0.2) is 5.15 Å². The lowest BCUT2D eigenvalue weighted by Crippen LogP contribution is -2.19. The number of hydrogen-bond acceptors (Lipinski definition) is 3. The number of nitrogens with zero attached hydrogens (tertiary/aromatic N) is 1. The van der Waals surface area contributed by atoms with Crippen LogP contribution >= 0.6 is 11.6 Å². The Hall–Kier alpha value is -1.59. The number of rotatable bonds is 5. The number of aromatic nitrogens is 1. The third kappa shape index (κ3) is 3.95. The van der Waals surface area contributed by atoms with Gasteiger partial charge in [-0.15, -0.1) is 0 Å². The van der Waals surface area contributed by atoms with Gasteiger partial charge in [0.25, 0.3) is 0 Å². The van der Waals surface area contributed by atoms with E-state index in [-0.39, 0.29) is 10.9 Å². The van der Waals surface area contributed by atoms with Gasteiger partial charge in [0.05, 0.1) is 11.4 Å². The number of halogens is 1. The molecule has 0 radical (unpaired) electrons. The Morgan fingerprint density at radius 2 is 1.90 bits per heavy atom. The van der Waals surface area contributed by atoms with Crippen molar-refractivity contribution in [3.05, 3.63) is 58.9 Å². The van der Waals surface area contributed by atoms with Crippen molar-refractivity contribution in [2.75, 3.05) is 10.5 Å². The number of anilines is 1. The summed E-state index contributed by atoms with van der Waals surface area (Å²) in [7, 11) is -3.45. The summed E-state index contributed by atoms with van der Waals surface area (Å²) >= 11 is 5.91. The standard InChI is InChI=1S/C14H15ClN2O2S/c1-11-7-9-16-14(15)13(11)17-20(18,19)10-8-12-5-3-2-4-6-12/h2-7,9,17H,8,10H2,1H3. The Bertz CT molecular complexity index is 667. The third-order valence-corrected chi connectivity index (χ3v) is 4.42. The summed E-state index contributed by atoms with van der Waals surface area (Å²) in [6.45, 7) is 1.78. The molecule has 1 aromatic carbocycles. The average molecular weight is 311 g/mol. The van der Waals surface area contributed by atoms with Crippen LogP contribution in [0, 0.1) is 6.92 Å². The molecule has 0 aliphatic rings. The molecule has 2 aromatic rings. The summed E-state index contributed by atoms with van der Waals surface area (Å²) in [5.74, 6) is 0.00166. The molecule has 0 atom stereocenters. The molecule has 0 amide bonds. The lowest BCUT2D eigenvalue weighted by Gasteiger charge is -2.11.